The lowest BCUT2D eigenvalue weighted by atomic mass is 9.33. The van der Waals surface area contributed by atoms with Crippen molar-refractivity contribution >= 4 is 68.6 Å². The summed E-state index contributed by atoms with van der Waals surface area (Å²) < 4.78 is 0. The third-order valence-corrected chi connectivity index (χ3v) is 22.9. The molecule has 0 amide bonds. The molecule has 3 heterocycles. The monoisotopic (exact) mass is 1120 g/mol. The van der Waals surface area contributed by atoms with Gasteiger partial charge in [0.2, 0.25) is 0 Å². The molecule has 0 saturated heterocycles. The molecule has 4 heteroatoms. The fourth-order valence-corrected chi connectivity index (χ4v) is 17.2. The Kier molecular flexibility index (Phi) is 12.1. The number of hydrogen-bond donors (Lipinski definition) is 0. The molecule has 9 aromatic rings. The Morgan fingerprint density at radius 2 is 0.802 bits per heavy atom. The van der Waals surface area contributed by atoms with E-state index in [0.717, 1.165) is 37.8 Å². The Morgan fingerprint density at radius 3 is 1.42 bits per heavy atom. The average molecular weight is 1120 g/mol. The topological polar surface area (TPSA) is 9.72 Å². The molecule has 2 atom stereocenters. The summed E-state index contributed by atoms with van der Waals surface area (Å²) in [7, 11) is 0. The highest BCUT2D eigenvalue weighted by Crippen LogP contribution is 2.63. The van der Waals surface area contributed by atoms with Crippen LogP contribution in [0.5, 0.6) is 0 Å². The van der Waals surface area contributed by atoms with E-state index in [4.69, 9.17) is 0 Å². The first-order valence-electron chi connectivity index (χ1n) is 32.5. The van der Waals surface area contributed by atoms with Crippen molar-refractivity contribution in [3.8, 4) is 33.4 Å². The van der Waals surface area contributed by atoms with Crippen molar-refractivity contribution in [3.63, 3.8) is 0 Å². The van der Waals surface area contributed by atoms with Gasteiger partial charge in [-0.1, -0.05) is 223 Å². The highest BCUT2D eigenvalue weighted by Gasteiger charge is 2.58. The number of benzene rings is 9. The summed E-state index contributed by atoms with van der Waals surface area (Å²) in [5.74, 6) is 0. The van der Waals surface area contributed by atoms with Crippen molar-refractivity contribution in [1.29, 1.82) is 0 Å². The zero-order valence-corrected chi connectivity index (χ0v) is 53.5. The van der Waals surface area contributed by atoms with E-state index < -0.39 is 0 Å². The molecule has 9 aromatic carbocycles. The van der Waals surface area contributed by atoms with Gasteiger partial charge in [-0.15, -0.1) is 0 Å². The van der Waals surface area contributed by atoms with Gasteiger partial charge in [-0.3, -0.25) is 0 Å². The largest absolute Gasteiger partial charge is 0.334 e. The third kappa shape index (κ3) is 8.27. The number of rotatable bonds is 6. The van der Waals surface area contributed by atoms with E-state index >= 15 is 0 Å². The van der Waals surface area contributed by atoms with Crippen LogP contribution < -0.4 is 31.1 Å². The molecule has 0 bridgehead atoms. The first kappa shape index (κ1) is 55.1. The second kappa shape index (κ2) is 19.0. The van der Waals surface area contributed by atoms with Crippen LogP contribution in [0.2, 0.25) is 0 Å². The van der Waals surface area contributed by atoms with Crippen LogP contribution in [0.4, 0.5) is 45.5 Å². The molecule has 0 aromatic heterocycles. The SMILES string of the molecule is CC(C)(C)c1ccc(-c2ccc3c(c2)C2(C)CCCCC2(C)N3c2cc3c4c(c2)N(c2ccc5c(c2)C(C)(C)CCC5(C)C)c2cc5c(cc2B4c2cc(-c4ccccc4)ccc2N3c2ccc(-c3ccccc3)cc2)C(C)(C)CCC5(C)C)cc1. The van der Waals surface area contributed by atoms with Crippen molar-refractivity contribution in [2.24, 2.45) is 0 Å². The van der Waals surface area contributed by atoms with Gasteiger partial charge < -0.3 is 14.7 Å². The summed E-state index contributed by atoms with van der Waals surface area (Å²) in [6.07, 6.45) is 9.33. The summed E-state index contributed by atoms with van der Waals surface area (Å²) in [6, 6.07) is 74.2. The van der Waals surface area contributed by atoms with Gasteiger partial charge in [-0.25, -0.2) is 0 Å². The van der Waals surface area contributed by atoms with Crippen molar-refractivity contribution in [2.75, 3.05) is 14.7 Å². The Balaban J connectivity index is 1.05. The number of anilines is 8. The fraction of sp³-hybridized carbons (Fsp3) is 0.341. The standard InChI is InChI=1S/C82H86BN3/c1-76(2,3)59-32-26-56(27-33-59)57-30-38-70-67(46-57)81(12)40-20-21-41-82(81,13)86(70)62-49-73-75-74(50-62)85(61-36-37-63-64(48-61)78(6,7)43-42-77(63,4)5)72-52-66-65(79(8,9)44-45-80(66,10)11)51-69(72)83(75)68-47-58(54-24-18-15-19-25-54)31-39-71(68)84(73)60-34-28-55(29-35-60)53-22-16-14-17-23-53/h14-19,22-39,46-52H,20-21,40-45H2,1-13H3. The average Bonchev–Trinajstić information content (AvgIpc) is 1.13. The second-order valence-corrected chi connectivity index (χ2v) is 31.0. The smallest absolute Gasteiger partial charge is 0.252 e. The molecule has 0 N–H and O–H groups in total. The quantitative estimate of drug-likeness (QED) is 0.154. The Bertz CT molecular complexity index is 4200. The van der Waals surface area contributed by atoms with Crippen LogP contribution in [0, 0.1) is 0 Å². The highest BCUT2D eigenvalue weighted by atomic mass is 15.3. The molecule has 15 rings (SSSR count). The number of hydrogen-bond acceptors (Lipinski definition) is 3. The second-order valence-electron chi connectivity index (χ2n) is 31.0. The van der Waals surface area contributed by atoms with E-state index in [0.29, 0.717) is 0 Å². The van der Waals surface area contributed by atoms with Crippen molar-refractivity contribution in [3.05, 3.63) is 221 Å². The number of fused-ring (bicyclic) bond motifs is 9. The summed E-state index contributed by atoms with van der Waals surface area (Å²) in [4.78, 5) is 8.29. The van der Waals surface area contributed by atoms with Gasteiger partial charge >= 0.3 is 0 Å². The van der Waals surface area contributed by atoms with Gasteiger partial charge in [0, 0.05) is 50.9 Å². The van der Waals surface area contributed by atoms with Gasteiger partial charge in [-0.2, -0.15) is 0 Å². The van der Waals surface area contributed by atoms with E-state index in [9.17, 15) is 0 Å². The lowest BCUT2D eigenvalue weighted by molar-refractivity contribution is 0.195. The van der Waals surface area contributed by atoms with E-state index in [1.165, 1.54) is 142 Å². The first-order valence-corrected chi connectivity index (χ1v) is 32.5. The van der Waals surface area contributed by atoms with E-state index in [1.807, 2.05) is 0 Å². The molecule has 432 valence electrons. The molecule has 1 saturated carbocycles. The van der Waals surface area contributed by atoms with Crippen LogP contribution in [-0.2, 0) is 32.5 Å². The Hall–Kier alpha value is -7.56. The molecular weight excluding hydrogens is 1040 g/mol. The van der Waals surface area contributed by atoms with Gasteiger partial charge in [0.1, 0.15) is 0 Å². The maximum Gasteiger partial charge on any atom is 0.252 e. The summed E-state index contributed by atoms with van der Waals surface area (Å²) in [5.41, 5.74) is 30.5. The molecule has 3 aliphatic heterocycles. The predicted molar refractivity (Wildman–Crippen MR) is 369 cm³/mol. The maximum atomic E-state index is 2.86. The predicted octanol–water partition coefficient (Wildman–Crippen LogP) is 20.5. The van der Waals surface area contributed by atoms with Crippen LogP contribution in [0.1, 0.15) is 175 Å². The van der Waals surface area contributed by atoms with Crippen LogP contribution in [0.25, 0.3) is 33.4 Å². The normalized spacial score (nSPS) is 21.5. The Morgan fingerprint density at radius 1 is 0.337 bits per heavy atom. The first-order chi connectivity index (χ1) is 41.0. The van der Waals surface area contributed by atoms with Gasteiger partial charge in [0.15, 0.2) is 0 Å². The van der Waals surface area contributed by atoms with Crippen LogP contribution in [0.3, 0.4) is 0 Å². The minimum absolute atomic E-state index is 0.00114. The number of nitrogens with zero attached hydrogens (tertiary/aromatic N) is 3. The molecule has 3 nitrogen and oxygen atoms in total. The summed E-state index contributed by atoms with van der Waals surface area (Å²) in [5, 5.41) is 0. The zero-order valence-electron chi connectivity index (χ0n) is 53.5. The minimum Gasteiger partial charge on any atom is -0.334 e. The van der Waals surface area contributed by atoms with E-state index in [-0.39, 0.29) is 44.7 Å². The molecule has 2 unspecified atom stereocenters. The van der Waals surface area contributed by atoms with E-state index in [1.54, 1.807) is 0 Å². The van der Waals surface area contributed by atoms with Gasteiger partial charge in [-0.05, 0) is 216 Å². The van der Waals surface area contributed by atoms with Crippen LogP contribution in [0.15, 0.2) is 188 Å². The molecule has 6 aliphatic rings. The molecule has 0 spiro atoms. The van der Waals surface area contributed by atoms with E-state index in [2.05, 4.69) is 293 Å². The fourth-order valence-electron chi connectivity index (χ4n) is 17.2. The van der Waals surface area contributed by atoms with Gasteiger partial charge in [0.05, 0.1) is 5.54 Å². The lowest BCUT2D eigenvalue weighted by Crippen LogP contribution is -2.62. The highest BCUT2D eigenvalue weighted by molar-refractivity contribution is 7.00. The molecule has 3 aliphatic carbocycles. The van der Waals surface area contributed by atoms with Crippen LogP contribution >= 0.6 is 0 Å². The van der Waals surface area contributed by atoms with Crippen LogP contribution in [-0.4, -0.2) is 12.3 Å². The summed E-state index contributed by atoms with van der Waals surface area (Å²) >= 11 is 0. The molecule has 1 fully saturated rings. The lowest BCUT2D eigenvalue weighted by Gasteiger charge is -2.51. The van der Waals surface area contributed by atoms with Crippen molar-refractivity contribution < 1.29 is 0 Å². The van der Waals surface area contributed by atoms with Gasteiger partial charge in [0.25, 0.3) is 6.71 Å². The third-order valence-electron chi connectivity index (χ3n) is 22.9. The summed E-state index contributed by atoms with van der Waals surface area (Å²) in [6.45, 7) is 32.1. The van der Waals surface area contributed by atoms with Crippen molar-refractivity contribution in [2.45, 2.75) is 179 Å². The molecule has 86 heavy (non-hydrogen) atoms. The Labute approximate surface area is 514 Å². The molecular formula is C82H86BN3. The van der Waals surface area contributed by atoms with Crippen molar-refractivity contribution in [1.82, 2.24) is 0 Å². The minimum atomic E-state index is -0.199. The molecule has 0 radical (unpaired) electrons. The zero-order chi connectivity index (χ0) is 59.7. The maximum absolute atomic E-state index is 2.86.